The Balaban J connectivity index is 1.46. The molecule has 2 aromatic heterocycles. The van der Waals surface area contributed by atoms with Crippen LogP contribution in [0.3, 0.4) is 0 Å². The number of anilines is 1. The zero-order valence-corrected chi connectivity index (χ0v) is 14.8. The summed E-state index contributed by atoms with van der Waals surface area (Å²) in [5, 5.41) is 4.43. The summed E-state index contributed by atoms with van der Waals surface area (Å²) in [5.41, 5.74) is 0.443. The second-order valence-corrected chi connectivity index (χ2v) is 6.65. The van der Waals surface area contributed by atoms with Crippen molar-refractivity contribution in [2.45, 2.75) is 13.0 Å². The van der Waals surface area contributed by atoms with Crippen LogP contribution in [0.25, 0.3) is 0 Å². The second-order valence-electron chi connectivity index (χ2n) is 5.86. The van der Waals surface area contributed by atoms with Crippen LogP contribution in [0.2, 0.25) is 0 Å². The van der Waals surface area contributed by atoms with Crippen LogP contribution < -0.4 is 9.64 Å². The monoisotopic (exact) mass is 391 g/mol. The van der Waals surface area contributed by atoms with E-state index in [1.807, 2.05) is 23.1 Å². The third kappa shape index (κ3) is 2.75. The van der Waals surface area contributed by atoms with Crippen molar-refractivity contribution in [2.24, 2.45) is 0 Å². The van der Waals surface area contributed by atoms with Crippen LogP contribution in [-0.2, 0) is 6.54 Å². The van der Waals surface area contributed by atoms with Crippen LogP contribution in [0, 0.1) is 0 Å². The molecule has 1 fully saturated rings. The number of amides is 1. The molecule has 0 aromatic carbocycles. The topological polar surface area (TPSA) is 63.5 Å². The summed E-state index contributed by atoms with van der Waals surface area (Å²) >= 11 is 3.48. The number of carbonyl (C=O) groups is 1. The van der Waals surface area contributed by atoms with Gasteiger partial charge in [0.1, 0.15) is 10.3 Å². The molecule has 0 saturated carbocycles. The average molecular weight is 392 g/mol. The Morgan fingerprint density at radius 2 is 2.00 bits per heavy atom. The molecule has 0 bridgehead atoms. The number of rotatable bonds is 2. The molecule has 0 N–H and O–H groups in total. The minimum atomic E-state index is -0.0481. The maximum atomic E-state index is 12.8. The van der Waals surface area contributed by atoms with Crippen LogP contribution in [-0.4, -0.2) is 58.4 Å². The van der Waals surface area contributed by atoms with E-state index in [1.165, 1.54) is 0 Å². The maximum absolute atomic E-state index is 12.8. The van der Waals surface area contributed by atoms with E-state index < -0.39 is 0 Å². The van der Waals surface area contributed by atoms with E-state index in [-0.39, 0.29) is 5.91 Å². The number of aryl methyl sites for hydroxylation is 1. The van der Waals surface area contributed by atoms with Crippen molar-refractivity contribution in [3.8, 4) is 5.88 Å². The summed E-state index contributed by atoms with van der Waals surface area (Å²) in [6.07, 6.45) is 2.71. The van der Waals surface area contributed by atoms with Crippen LogP contribution in [0.15, 0.2) is 28.9 Å². The Bertz CT molecular complexity index is 740. The van der Waals surface area contributed by atoms with E-state index in [0.29, 0.717) is 35.7 Å². The normalized spacial score (nSPS) is 17.4. The van der Waals surface area contributed by atoms with Gasteiger partial charge in [-0.15, -0.1) is 0 Å². The number of fused-ring (bicyclic) bond motifs is 1. The predicted octanol–water partition coefficient (Wildman–Crippen LogP) is 1.79. The Hall–Kier alpha value is -2.09. The molecule has 0 atom stereocenters. The number of hydrogen-bond donors (Lipinski definition) is 0. The molecule has 7 nitrogen and oxygen atoms in total. The van der Waals surface area contributed by atoms with Gasteiger partial charge in [-0.05, 0) is 28.1 Å². The Kier molecular flexibility index (Phi) is 4.13. The number of pyridine rings is 1. The summed E-state index contributed by atoms with van der Waals surface area (Å²) in [5.74, 6) is 1.57. The molecule has 8 heteroatoms. The molecule has 2 aromatic rings. The van der Waals surface area contributed by atoms with Gasteiger partial charge in [-0.2, -0.15) is 5.10 Å². The number of piperazine rings is 1. The van der Waals surface area contributed by atoms with Crippen LogP contribution in [0.4, 0.5) is 5.82 Å². The molecule has 0 unspecified atom stereocenters. The van der Waals surface area contributed by atoms with Gasteiger partial charge in [0.25, 0.3) is 5.91 Å². The van der Waals surface area contributed by atoms with Crippen LogP contribution in [0.1, 0.15) is 16.9 Å². The fourth-order valence-electron chi connectivity index (χ4n) is 3.06. The summed E-state index contributed by atoms with van der Waals surface area (Å²) in [6.45, 7) is 4.31. The number of ether oxygens (including phenoxy) is 1. The largest absolute Gasteiger partial charge is 0.477 e. The molecule has 4 rings (SSSR count). The first-order valence-electron chi connectivity index (χ1n) is 8.08. The first-order chi connectivity index (χ1) is 11.7. The smallest absolute Gasteiger partial charge is 0.275 e. The lowest BCUT2D eigenvalue weighted by molar-refractivity contribution is 0.0738. The molecule has 0 radical (unpaired) electrons. The highest BCUT2D eigenvalue weighted by atomic mass is 79.9. The summed E-state index contributed by atoms with van der Waals surface area (Å²) in [6, 6.07) is 5.88. The van der Waals surface area contributed by atoms with E-state index in [1.54, 1.807) is 10.9 Å². The Morgan fingerprint density at radius 3 is 2.71 bits per heavy atom. The van der Waals surface area contributed by atoms with E-state index in [4.69, 9.17) is 4.74 Å². The average Bonchev–Trinajstić information content (AvgIpc) is 2.99. The van der Waals surface area contributed by atoms with E-state index in [0.717, 1.165) is 31.9 Å². The van der Waals surface area contributed by atoms with Crippen molar-refractivity contribution in [1.82, 2.24) is 19.7 Å². The van der Waals surface area contributed by atoms with Crippen molar-refractivity contribution < 1.29 is 9.53 Å². The summed E-state index contributed by atoms with van der Waals surface area (Å²) in [7, 11) is 0. The molecular formula is C16H18BrN5O2. The van der Waals surface area contributed by atoms with Crippen molar-refractivity contribution in [1.29, 1.82) is 0 Å². The minimum absolute atomic E-state index is 0.0481. The van der Waals surface area contributed by atoms with Crippen molar-refractivity contribution in [3.63, 3.8) is 0 Å². The summed E-state index contributed by atoms with van der Waals surface area (Å²) in [4.78, 5) is 21.2. The number of nitrogens with zero attached hydrogens (tertiary/aromatic N) is 5. The van der Waals surface area contributed by atoms with Crippen LogP contribution in [0.5, 0.6) is 5.88 Å². The van der Waals surface area contributed by atoms with E-state index in [9.17, 15) is 4.79 Å². The highest BCUT2D eigenvalue weighted by Gasteiger charge is 2.29. The first kappa shape index (κ1) is 15.4. The van der Waals surface area contributed by atoms with Gasteiger partial charge in [0.15, 0.2) is 5.69 Å². The molecule has 2 aliphatic heterocycles. The van der Waals surface area contributed by atoms with Gasteiger partial charge in [-0.25, -0.2) is 9.67 Å². The molecule has 1 amide bonds. The number of aromatic nitrogens is 3. The van der Waals surface area contributed by atoms with Gasteiger partial charge in [0, 0.05) is 45.3 Å². The lowest BCUT2D eigenvalue weighted by Crippen LogP contribution is -2.49. The molecule has 2 aliphatic rings. The molecule has 1 saturated heterocycles. The standard InChI is InChI=1S/C16H18BrN5O2/c17-13-14(19-22-6-3-11-24-16(13)22)15(23)21-9-7-20(8-10-21)12-4-1-2-5-18-12/h1-2,4-5H,3,6-11H2. The lowest BCUT2D eigenvalue weighted by Gasteiger charge is -2.35. The van der Waals surface area contributed by atoms with E-state index in [2.05, 4.69) is 30.9 Å². The van der Waals surface area contributed by atoms with Crippen molar-refractivity contribution in [2.75, 3.05) is 37.7 Å². The maximum Gasteiger partial charge on any atom is 0.275 e. The van der Waals surface area contributed by atoms with Gasteiger partial charge >= 0.3 is 0 Å². The number of carbonyl (C=O) groups excluding carboxylic acids is 1. The molecule has 4 heterocycles. The van der Waals surface area contributed by atoms with Crippen molar-refractivity contribution in [3.05, 3.63) is 34.6 Å². The van der Waals surface area contributed by atoms with Crippen molar-refractivity contribution >= 4 is 27.7 Å². The quantitative estimate of drug-likeness (QED) is 0.780. The number of hydrogen-bond acceptors (Lipinski definition) is 5. The fourth-order valence-corrected chi connectivity index (χ4v) is 3.63. The highest BCUT2D eigenvalue weighted by Crippen LogP contribution is 2.32. The zero-order valence-electron chi connectivity index (χ0n) is 13.2. The zero-order chi connectivity index (χ0) is 16.5. The van der Waals surface area contributed by atoms with Gasteiger partial charge in [0.2, 0.25) is 5.88 Å². The van der Waals surface area contributed by atoms with E-state index >= 15 is 0 Å². The molecule has 126 valence electrons. The van der Waals surface area contributed by atoms with Gasteiger partial charge in [0.05, 0.1) is 6.61 Å². The van der Waals surface area contributed by atoms with Gasteiger partial charge in [-0.3, -0.25) is 4.79 Å². The Labute approximate surface area is 148 Å². The first-order valence-corrected chi connectivity index (χ1v) is 8.87. The second kappa shape index (κ2) is 6.43. The molecule has 0 aliphatic carbocycles. The third-order valence-electron chi connectivity index (χ3n) is 4.35. The Morgan fingerprint density at radius 1 is 1.17 bits per heavy atom. The molecule has 24 heavy (non-hydrogen) atoms. The number of halogens is 1. The molecular weight excluding hydrogens is 374 g/mol. The van der Waals surface area contributed by atoms with Gasteiger partial charge in [-0.1, -0.05) is 6.07 Å². The fraction of sp³-hybridized carbons (Fsp3) is 0.438. The van der Waals surface area contributed by atoms with Gasteiger partial charge < -0.3 is 14.5 Å². The summed E-state index contributed by atoms with van der Waals surface area (Å²) < 4.78 is 8.05. The SMILES string of the molecule is O=C(c1nn2c(c1Br)OCCC2)N1CCN(c2ccccn2)CC1. The highest BCUT2D eigenvalue weighted by molar-refractivity contribution is 9.10. The lowest BCUT2D eigenvalue weighted by atomic mass is 10.2. The minimum Gasteiger partial charge on any atom is -0.477 e. The van der Waals surface area contributed by atoms with Crippen LogP contribution >= 0.6 is 15.9 Å². The predicted molar refractivity (Wildman–Crippen MR) is 92.4 cm³/mol. The third-order valence-corrected chi connectivity index (χ3v) is 5.06. The molecule has 0 spiro atoms.